The minimum Gasteiger partial charge on any atom is -0.451 e. The summed E-state index contributed by atoms with van der Waals surface area (Å²) in [4.78, 5) is 37.9. The Morgan fingerprint density at radius 1 is 1.14 bits per heavy atom. The lowest BCUT2D eigenvalue weighted by molar-refractivity contribution is -0.384. The third kappa shape index (κ3) is 3.85. The van der Waals surface area contributed by atoms with E-state index in [1.165, 1.54) is 12.1 Å². The topological polar surface area (TPSA) is 114 Å². The third-order valence-electron chi connectivity index (χ3n) is 4.36. The summed E-state index contributed by atoms with van der Waals surface area (Å²) in [6.45, 7) is 4.99. The zero-order chi connectivity index (χ0) is 20.4. The highest BCUT2D eigenvalue weighted by atomic mass is 16.6. The van der Waals surface area contributed by atoms with Crippen molar-refractivity contribution >= 4 is 34.2 Å². The van der Waals surface area contributed by atoms with E-state index in [-0.39, 0.29) is 17.1 Å². The second kappa shape index (κ2) is 7.51. The molecule has 0 radical (unpaired) electrons. The summed E-state index contributed by atoms with van der Waals surface area (Å²) in [5.41, 5.74) is 3.53. The van der Waals surface area contributed by atoms with Gasteiger partial charge in [0, 0.05) is 17.0 Å². The van der Waals surface area contributed by atoms with Crippen LogP contribution < -0.4 is 5.32 Å². The number of rotatable bonds is 5. The number of nitro groups is 1. The van der Waals surface area contributed by atoms with Crippen LogP contribution in [0.15, 0.2) is 36.4 Å². The number of nitrogens with one attached hydrogen (secondary N) is 2. The summed E-state index contributed by atoms with van der Waals surface area (Å²) in [5, 5.41) is 14.5. The van der Waals surface area contributed by atoms with Gasteiger partial charge in [-0.2, -0.15) is 0 Å². The molecule has 0 spiro atoms. The standard InChI is InChI=1S/C20H19N3O5/c1-11-7-13(3)14-9-16(21-15(14)8-11)20(25)28-10-18(24)22-19-12(2)5-4-6-17(19)23(26)27/h4-9,21H,10H2,1-3H3,(H,22,24). The number of nitro benzene ring substituents is 1. The van der Waals surface area contributed by atoms with Crippen LogP contribution in [0.3, 0.4) is 0 Å². The highest BCUT2D eigenvalue weighted by molar-refractivity contribution is 5.99. The lowest BCUT2D eigenvalue weighted by Gasteiger charge is -2.09. The number of ether oxygens (including phenoxy) is 1. The molecule has 0 bridgehead atoms. The molecule has 2 N–H and O–H groups in total. The van der Waals surface area contributed by atoms with Crippen molar-refractivity contribution in [3.63, 3.8) is 0 Å². The zero-order valence-corrected chi connectivity index (χ0v) is 15.7. The van der Waals surface area contributed by atoms with Crippen molar-refractivity contribution in [2.45, 2.75) is 20.8 Å². The maximum atomic E-state index is 12.3. The molecule has 1 aromatic heterocycles. The molecule has 0 unspecified atom stereocenters. The van der Waals surface area contributed by atoms with Crippen LogP contribution >= 0.6 is 0 Å². The fourth-order valence-electron chi connectivity index (χ4n) is 3.06. The smallest absolute Gasteiger partial charge is 0.355 e. The van der Waals surface area contributed by atoms with E-state index in [2.05, 4.69) is 10.3 Å². The monoisotopic (exact) mass is 381 g/mol. The van der Waals surface area contributed by atoms with Crippen LogP contribution in [-0.2, 0) is 9.53 Å². The molecule has 1 amide bonds. The number of carbonyl (C=O) groups excluding carboxylic acids is 2. The molecule has 0 atom stereocenters. The molecule has 0 aliphatic heterocycles. The summed E-state index contributed by atoms with van der Waals surface area (Å²) >= 11 is 0. The van der Waals surface area contributed by atoms with E-state index in [1.54, 1.807) is 19.1 Å². The Labute approximate surface area is 160 Å². The fraction of sp³-hybridized carbons (Fsp3) is 0.200. The number of aromatic nitrogens is 1. The highest BCUT2D eigenvalue weighted by Gasteiger charge is 2.19. The van der Waals surface area contributed by atoms with Gasteiger partial charge in [0.15, 0.2) is 6.61 Å². The number of anilines is 1. The Bertz CT molecular complexity index is 1100. The summed E-state index contributed by atoms with van der Waals surface area (Å²) in [6.07, 6.45) is 0. The number of esters is 1. The molecule has 0 saturated heterocycles. The van der Waals surface area contributed by atoms with Gasteiger partial charge in [-0.25, -0.2) is 4.79 Å². The van der Waals surface area contributed by atoms with Gasteiger partial charge in [0.05, 0.1) is 4.92 Å². The van der Waals surface area contributed by atoms with E-state index in [4.69, 9.17) is 4.74 Å². The summed E-state index contributed by atoms with van der Waals surface area (Å²) in [7, 11) is 0. The number of nitrogens with zero attached hydrogens (tertiary/aromatic N) is 1. The van der Waals surface area contributed by atoms with E-state index in [0.29, 0.717) is 5.56 Å². The molecule has 8 nitrogen and oxygen atoms in total. The van der Waals surface area contributed by atoms with Crippen molar-refractivity contribution < 1.29 is 19.2 Å². The molecule has 0 saturated carbocycles. The molecule has 0 fully saturated rings. The Balaban J connectivity index is 1.69. The Kier molecular flexibility index (Phi) is 5.12. The number of benzene rings is 2. The van der Waals surface area contributed by atoms with E-state index < -0.39 is 23.4 Å². The second-order valence-electron chi connectivity index (χ2n) is 6.58. The molecule has 28 heavy (non-hydrogen) atoms. The Morgan fingerprint density at radius 2 is 1.89 bits per heavy atom. The summed E-state index contributed by atoms with van der Waals surface area (Å²) in [6, 6.07) is 10.1. The first kappa shape index (κ1) is 19.1. The van der Waals surface area contributed by atoms with Crippen molar-refractivity contribution in [1.82, 2.24) is 4.98 Å². The Morgan fingerprint density at radius 3 is 2.61 bits per heavy atom. The number of para-hydroxylation sites is 1. The molecule has 1 heterocycles. The van der Waals surface area contributed by atoms with E-state index >= 15 is 0 Å². The third-order valence-corrected chi connectivity index (χ3v) is 4.36. The first-order valence-corrected chi connectivity index (χ1v) is 8.57. The molecule has 0 aliphatic rings. The number of amides is 1. The van der Waals surface area contributed by atoms with Gasteiger partial charge in [0.2, 0.25) is 0 Å². The molecular weight excluding hydrogens is 362 g/mol. The molecule has 3 rings (SSSR count). The zero-order valence-electron chi connectivity index (χ0n) is 15.7. The molecule has 8 heteroatoms. The minimum atomic E-state index is -0.678. The molecule has 0 aliphatic carbocycles. The minimum absolute atomic E-state index is 0.0882. The van der Waals surface area contributed by atoms with Gasteiger partial charge in [-0.05, 0) is 49.6 Å². The van der Waals surface area contributed by atoms with Crippen LogP contribution in [0.4, 0.5) is 11.4 Å². The van der Waals surface area contributed by atoms with Crippen molar-refractivity contribution in [1.29, 1.82) is 0 Å². The average molecular weight is 381 g/mol. The van der Waals surface area contributed by atoms with E-state index in [0.717, 1.165) is 22.0 Å². The van der Waals surface area contributed by atoms with Crippen LogP contribution in [-0.4, -0.2) is 28.4 Å². The first-order valence-electron chi connectivity index (χ1n) is 8.57. The lowest BCUT2D eigenvalue weighted by atomic mass is 10.1. The fourth-order valence-corrected chi connectivity index (χ4v) is 3.06. The number of aromatic amines is 1. The van der Waals surface area contributed by atoms with Gasteiger partial charge in [-0.1, -0.05) is 18.2 Å². The SMILES string of the molecule is Cc1cc(C)c2cc(C(=O)OCC(=O)Nc3c(C)cccc3[N+](=O)[O-])[nH]c2c1. The second-order valence-corrected chi connectivity index (χ2v) is 6.58. The molecule has 3 aromatic rings. The van der Waals surface area contributed by atoms with Crippen molar-refractivity contribution in [2.75, 3.05) is 11.9 Å². The van der Waals surface area contributed by atoms with Crippen LogP contribution in [0, 0.1) is 30.9 Å². The van der Waals surface area contributed by atoms with Crippen LogP contribution in [0.1, 0.15) is 27.2 Å². The van der Waals surface area contributed by atoms with Crippen molar-refractivity contribution in [3.05, 3.63) is 68.9 Å². The van der Waals surface area contributed by atoms with Gasteiger partial charge >= 0.3 is 5.97 Å². The summed E-state index contributed by atoms with van der Waals surface area (Å²) < 4.78 is 5.05. The predicted octanol–water partition coefficient (Wildman–Crippen LogP) is 3.80. The van der Waals surface area contributed by atoms with E-state index in [9.17, 15) is 19.7 Å². The normalized spacial score (nSPS) is 10.7. The lowest BCUT2D eigenvalue weighted by Crippen LogP contribution is -2.22. The molecule has 2 aromatic carbocycles. The Hall–Kier alpha value is -3.68. The summed E-state index contributed by atoms with van der Waals surface area (Å²) in [5.74, 6) is -1.34. The molecule has 144 valence electrons. The number of hydrogen-bond donors (Lipinski definition) is 2. The predicted molar refractivity (Wildman–Crippen MR) is 105 cm³/mol. The maximum absolute atomic E-state index is 12.3. The van der Waals surface area contributed by atoms with Crippen LogP contribution in [0.2, 0.25) is 0 Å². The van der Waals surface area contributed by atoms with Gasteiger partial charge in [-0.3, -0.25) is 14.9 Å². The van der Waals surface area contributed by atoms with E-state index in [1.807, 2.05) is 26.0 Å². The number of fused-ring (bicyclic) bond motifs is 1. The molecular formula is C20H19N3O5. The first-order chi connectivity index (χ1) is 13.3. The van der Waals surface area contributed by atoms with Crippen LogP contribution in [0.5, 0.6) is 0 Å². The number of aryl methyl sites for hydroxylation is 3. The average Bonchev–Trinajstić information content (AvgIpc) is 3.05. The van der Waals surface area contributed by atoms with Crippen LogP contribution in [0.25, 0.3) is 10.9 Å². The quantitative estimate of drug-likeness (QED) is 0.396. The van der Waals surface area contributed by atoms with Gasteiger partial charge in [-0.15, -0.1) is 0 Å². The van der Waals surface area contributed by atoms with Gasteiger partial charge in [0.1, 0.15) is 11.4 Å². The number of H-pyrrole nitrogens is 1. The van der Waals surface area contributed by atoms with Crippen molar-refractivity contribution in [3.8, 4) is 0 Å². The highest BCUT2D eigenvalue weighted by Crippen LogP contribution is 2.27. The van der Waals surface area contributed by atoms with Crippen molar-refractivity contribution in [2.24, 2.45) is 0 Å². The van der Waals surface area contributed by atoms with Gasteiger partial charge in [0.25, 0.3) is 11.6 Å². The number of carbonyl (C=O) groups is 2. The largest absolute Gasteiger partial charge is 0.451 e. The number of hydrogen-bond acceptors (Lipinski definition) is 5. The van der Waals surface area contributed by atoms with Gasteiger partial charge < -0.3 is 15.0 Å². The maximum Gasteiger partial charge on any atom is 0.355 e.